The number of aliphatic imine (C=N–C) groups is 1. The van der Waals surface area contributed by atoms with E-state index in [1.807, 2.05) is 6.07 Å². The number of carbonyl (C=O) groups excluding carboxylic acids is 1. The topological polar surface area (TPSA) is 108 Å². The number of Topliss-reactive ketones (excluding diaryl/α,β-unsaturated/α-hetero) is 1. The number of halogens is 1. The first-order valence-corrected chi connectivity index (χ1v) is 10.1. The third-order valence-corrected chi connectivity index (χ3v) is 4.67. The number of rotatable bonds is 8. The van der Waals surface area contributed by atoms with Crippen LogP contribution in [0, 0.1) is 17.2 Å². The van der Waals surface area contributed by atoms with Gasteiger partial charge < -0.3 is 0 Å². The first-order valence-electron chi connectivity index (χ1n) is 10.1. The van der Waals surface area contributed by atoms with Crippen LogP contribution in [0.4, 0.5) is 4.39 Å². The lowest BCUT2D eigenvalue weighted by Gasteiger charge is -2.21. The Labute approximate surface area is 185 Å². The predicted octanol–water partition coefficient (Wildman–Crippen LogP) is 3.88. The number of allylic oxidation sites excluding steroid dienone is 8. The zero-order valence-electron chi connectivity index (χ0n) is 18.3. The van der Waals surface area contributed by atoms with Gasteiger partial charge in [-0.05, 0) is 18.9 Å². The number of nitriles is 1. The zero-order chi connectivity index (χ0) is 23.8. The molecule has 166 valence electrons. The largest absolute Gasteiger partial charge is 0.328 e. The van der Waals surface area contributed by atoms with E-state index in [1.54, 1.807) is 26.8 Å². The molecule has 0 saturated carbocycles. The van der Waals surface area contributed by atoms with Crippen molar-refractivity contribution in [3.8, 4) is 6.07 Å². The zero-order valence-corrected chi connectivity index (χ0v) is 18.3. The Bertz CT molecular complexity index is 1220. The molecule has 7 nitrogen and oxygen atoms in total. The summed E-state index contributed by atoms with van der Waals surface area (Å²) in [6, 6.07) is 1.85. The molecule has 1 aromatic rings. The van der Waals surface area contributed by atoms with E-state index in [0.717, 1.165) is 0 Å². The second kappa shape index (κ2) is 11.0. The van der Waals surface area contributed by atoms with Crippen LogP contribution < -0.4 is 11.2 Å². The lowest BCUT2D eigenvalue weighted by atomic mass is 9.95. The molecule has 1 aliphatic heterocycles. The van der Waals surface area contributed by atoms with Gasteiger partial charge in [0.2, 0.25) is 5.78 Å². The highest BCUT2D eigenvalue weighted by atomic mass is 19.1. The summed E-state index contributed by atoms with van der Waals surface area (Å²) in [5, 5.41) is 8.65. The Hall–Kier alpha value is -3.86. The minimum absolute atomic E-state index is 0.00571. The molecular weight excluding hydrogens is 411 g/mol. The molecule has 1 aliphatic rings. The number of hydrogen-bond donors (Lipinski definition) is 1. The number of aromatic nitrogens is 2. The average Bonchev–Trinajstić information content (AvgIpc) is 2.71. The molecule has 2 heterocycles. The average molecular weight is 436 g/mol. The third-order valence-electron chi connectivity index (χ3n) is 4.67. The summed E-state index contributed by atoms with van der Waals surface area (Å²) in [7, 11) is 0. The molecule has 0 aromatic carbocycles. The number of H-pyrrole nitrogens is 1. The molecule has 8 heteroatoms. The van der Waals surface area contributed by atoms with Crippen molar-refractivity contribution in [2.45, 2.75) is 39.7 Å². The first-order chi connectivity index (χ1) is 15.1. The lowest BCUT2D eigenvalue weighted by molar-refractivity contribution is 0.102. The fourth-order valence-electron chi connectivity index (χ4n) is 3.33. The molecule has 2 rings (SSSR count). The van der Waals surface area contributed by atoms with E-state index in [0.29, 0.717) is 5.57 Å². The summed E-state index contributed by atoms with van der Waals surface area (Å²) in [6.07, 6.45) is 10.2. The molecule has 0 saturated heterocycles. The maximum atomic E-state index is 13.7. The van der Waals surface area contributed by atoms with E-state index in [1.165, 1.54) is 41.1 Å². The molecular formula is C24H25FN4O3. The van der Waals surface area contributed by atoms with Crippen molar-refractivity contribution in [1.29, 1.82) is 5.26 Å². The Morgan fingerprint density at radius 1 is 1.44 bits per heavy atom. The van der Waals surface area contributed by atoms with Gasteiger partial charge in [-0.3, -0.25) is 19.1 Å². The van der Waals surface area contributed by atoms with Crippen molar-refractivity contribution in [2.24, 2.45) is 10.9 Å². The molecule has 0 radical (unpaired) electrons. The predicted molar refractivity (Wildman–Crippen MR) is 122 cm³/mol. The summed E-state index contributed by atoms with van der Waals surface area (Å²) < 4.78 is 14.9. The van der Waals surface area contributed by atoms with Gasteiger partial charge in [-0.1, -0.05) is 50.3 Å². The Balaban J connectivity index is 2.71. The molecule has 1 aromatic heterocycles. The van der Waals surface area contributed by atoms with Crippen LogP contribution >= 0.6 is 0 Å². The monoisotopic (exact) mass is 436 g/mol. The van der Waals surface area contributed by atoms with Crippen molar-refractivity contribution in [2.75, 3.05) is 0 Å². The summed E-state index contributed by atoms with van der Waals surface area (Å²) >= 11 is 0. The minimum atomic E-state index is -0.748. The molecule has 0 unspecified atom stereocenters. The van der Waals surface area contributed by atoms with Crippen LogP contribution in [-0.4, -0.2) is 21.3 Å². The van der Waals surface area contributed by atoms with E-state index >= 15 is 0 Å². The van der Waals surface area contributed by atoms with E-state index in [9.17, 15) is 18.8 Å². The third kappa shape index (κ3) is 6.08. The highest BCUT2D eigenvalue weighted by Crippen LogP contribution is 2.22. The molecule has 0 spiro atoms. The molecule has 1 atom stereocenters. The van der Waals surface area contributed by atoms with Gasteiger partial charge in [-0.25, -0.2) is 9.79 Å². The van der Waals surface area contributed by atoms with Crippen LogP contribution in [0.2, 0.25) is 0 Å². The van der Waals surface area contributed by atoms with E-state index < -0.39 is 28.9 Å². The molecule has 0 amide bonds. The highest BCUT2D eigenvalue weighted by Gasteiger charge is 2.26. The van der Waals surface area contributed by atoms with Crippen molar-refractivity contribution >= 4 is 11.7 Å². The number of hydrogen-bond acceptors (Lipinski definition) is 5. The second-order valence-corrected chi connectivity index (χ2v) is 7.72. The van der Waals surface area contributed by atoms with Crippen molar-refractivity contribution in [3.63, 3.8) is 0 Å². The number of nitrogens with zero attached hydrogens (tertiary/aromatic N) is 3. The van der Waals surface area contributed by atoms with Crippen molar-refractivity contribution in [3.05, 3.63) is 92.5 Å². The van der Waals surface area contributed by atoms with E-state index in [4.69, 9.17) is 5.26 Å². The van der Waals surface area contributed by atoms with Crippen LogP contribution in [0.1, 0.15) is 49.2 Å². The number of aromatic amines is 1. The summed E-state index contributed by atoms with van der Waals surface area (Å²) in [6.45, 7) is 8.99. The molecule has 0 fully saturated rings. The molecule has 0 bridgehead atoms. The van der Waals surface area contributed by atoms with Crippen molar-refractivity contribution in [1.82, 2.24) is 9.55 Å². The Kier molecular flexibility index (Phi) is 8.36. The maximum Gasteiger partial charge on any atom is 0.328 e. The Morgan fingerprint density at radius 3 is 2.75 bits per heavy atom. The van der Waals surface area contributed by atoms with Crippen LogP contribution in [0.5, 0.6) is 0 Å². The maximum absolute atomic E-state index is 13.7. The minimum Gasteiger partial charge on any atom is -0.289 e. The van der Waals surface area contributed by atoms with Crippen LogP contribution in [0.25, 0.3) is 0 Å². The van der Waals surface area contributed by atoms with Gasteiger partial charge in [0, 0.05) is 42.3 Å². The van der Waals surface area contributed by atoms with Gasteiger partial charge in [0.05, 0.1) is 6.07 Å². The quantitative estimate of drug-likeness (QED) is 0.289. The van der Waals surface area contributed by atoms with Gasteiger partial charge in [-0.2, -0.15) is 9.65 Å². The lowest BCUT2D eigenvalue weighted by Crippen LogP contribution is -2.39. The van der Waals surface area contributed by atoms with E-state index in [2.05, 4.69) is 16.6 Å². The summed E-state index contributed by atoms with van der Waals surface area (Å²) in [5.41, 5.74) is -0.501. The van der Waals surface area contributed by atoms with Crippen LogP contribution in [0.3, 0.4) is 0 Å². The van der Waals surface area contributed by atoms with E-state index in [-0.39, 0.29) is 35.7 Å². The van der Waals surface area contributed by atoms with Gasteiger partial charge in [0.25, 0.3) is 5.56 Å². The SMILES string of the molecule is C=C(C)\C=C(/C=C/C=C/C#N)C(=O)c1c(C(C)C)c(=O)[nH]c(=O)n1C[C@H]1C=CN=C(F)C1. The van der Waals surface area contributed by atoms with Gasteiger partial charge in [0.1, 0.15) is 5.69 Å². The summed E-state index contributed by atoms with van der Waals surface area (Å²) in [5.74, 6) is -1.89. The normalized spacial score (nSPS) is 16.6. The number of carbonyl (C=O) groups is 1. The number of nitrogens with one attached hydrogen (secondary N) is 1. The Morgan fingerprint density at radius 2 is 2.16 bits per heavy atom. The summed E-state index contributed by atoms with van der Waals surface area (Å²) in [4.78, 5) is 44.8. The number of ketones is 1. The second-order valence-electron chi connectivity index (χ2n) is 7.72. The fourth-order valence-corrected chi connectivity index (χ4v) is 3.33. The standard InChI is InChI=1S/C24H25FN4O3/c1-15(2)12-18(8-6-5-7-10-26)22(30)21-20(16(3)4)23(31)28-24(32)29(21)14-17-9-11-27-19(25)13-17/h5-9,11-12,16-17H,1,13-14H2,2-4H3,(H,28,31,32)/b7-5+,8-6+,18-12+/t17-/m0/s1. The molecule has 0 aliphatic carbocycles. The first kappa shape index (κ1) is 24.4. The van der Waals surface area contributed by atoms with Gasteiger partial charge in [-0.15, -0.1) is 0 Å². The fraction of sp³-hybridized carbons (Fsp3) is 0.292. The van der Waals surface area contributed by atoms with Crippen LogP contribution in [0.15, 0.2) is 75.0 Å². The molecule has 32 heavy (non-hydrogen) atoms. The van der Waals surface area contributed by atoms with Crippen LogP contribution in [-0.2, 0) is 6.54 Å². The van der Waals surface area contributed by atoms with Gasteiger partial charge >= 0.3 is 5.69 Å². The smallest absolute Gasteiger partial charge is 0.289 e. The van der Waals surface area contributed by atoms with Crippen molar-refractivity contribution < 1.29 is 9.18 Å². The molecule has 1 N–H and O–H groups in total. The highest BCUT2D eigenvalue weighted by molar-refractivity contribution is 6.10. The van der Waals surface area contributed by atoms with Gasteiger partial charge in [0.15, 0.2) is 5.97 Å².